The fourth-order valence-corrected chi connectivity index (χ4v) is 1.30. The molecule has 0 fully saturated rings. The number of nitrogens with zero attached hydrogens (tertiary/aromatic N) is 1. The van der Waals surface area contributed by atoms with E-state index in [1.807, 2.05) is 0 Å². The largest absolute Gasteiger partial charge is 0.370 e. The monoisotopic (exact) mass is 246 g/mol. The van der Waals surface area contributed by atoms with Gasteiger partial charge in [-0.15, -0.1) is 0 Å². The number of guanidine groups is 1. The number of carbonyl (C=O) groups is 2. The van der Waals surface area contributed by atoms with Crippen LogP contribution in [-0.2, 0) is 4.79 Å². The third kappa shape index (κ3) is 5.86. The summed E-state index contributed by atoms with van der Waals surface area (Å²) in [4.78, 5) is 25.6. The van der Waals surface area contributed by atoms with E-state index in [0.717, 1.165) is 11.8 Å². The number of aliphatic imine (C=N–C) groups is 1. The molecular weight excluding hydrogens is 232 g/mol. The zero-order chi connectivity index (χ0) is 12.7. The van der Waals surface area contributed by atoms with Crippen molar-refractivity contribution in [2.75, 3.05) is 7.05 Å². The highest BCUT2D eigenvalue weighted by atomic mass is 32.2. The fraction of sp³-hybridized carbons (Fsp3) is 0.429. The number of rotatable bonds is 2. The smallest absolute Gasteiger partial charge is 0.321 e. The number of nitrogens with one attached hydrogen (secondary N) is 3. The average molecular weight is 246 g/mol. The van der Waals surface area contributed by atoms with Crippen LogP contribution in [0.25, 0.3) is 0 Å². The maximum absolute atomic E-state index is 11.3. The van der Waals surface area contributed by atoms with Crippen molar-refractivity contribution in [2.45, 2.75) is 12.2 Å². The molecule has 3 amide bonds. The second-order valence-corrected chi connectivity index (χ2v) is 4.00. The van der Waals surface area contributed by atoms with Gasteiger partial charge in [0.2, 0.25) is 5.91 Å². The molecule has 7 N–H and O–H groups in total. The first kappa shape index (κ1) is 14.2. The van der Waals surface area contributed by atoms with Crippen molar-refractivity contribution in [3.8, 4) is 0 Å². The van der Waals surface area contributed by atoms with E-state index in [1.165, 1.54) is 14.0 Å². The first-order valence-electron chi connectivity index (χ1n) is 4.24. The molecule has 16 heavy (non-hydrogen) atoms. The zero-order valence-electron chi connectivity index (χ0n) is 8.90. The molecule has 0 saturated carbocycles. The molecule has 0 spiro atoms. The van der Waals surface area contributed by atoms with Crippen LogP contribution in [0.15, 0.2) is 4.99 Å². The van der Waals surface area contributed by atoms with Gasteiger partial charge in [0.25, 0.3) is 0 Å². The highest BCUT2D eigenvalue weighted by molar-refractivity contribution is 8.14. The number of urea groups is 1. The maximum atomic E-state index is 11.3. The third-order valence-electron chi connectivity index (χ3n) is 1.35. The summed E-state index contributed by atoms with van der Waals surface area (Å²) >= 11 is 0.832. The van der Waals surface area contributed by atoms with E-state index in [4.69, 9.17) is 16.9 Å². The number of thioether (sulfide) groups is 1. The minimum atomic E-state index is -0.645. The van der Waals surface area contributed by atoms with E-state index in [0.29, 0.717) is 0 Å². The summed E-state index contributed by atoms with van der Waals surface area (Å²) in [6, 6.07) is -0.606. The Morgan fingerprint density at radius 1 is 1.44 bits per heavy atom. The SMILES string of the molecule is CNC(=O)NC(=O)C(C)SC(=N)N=C(N)N. The summed E-state index contributed by atoms with van der Waals surface area (Å²) in [6.07, 6.45) is 0. The van der Waals surface area contributed by atoms with Crippen molar-refractivity contribution in [1.82, 2.24) is 10.6 Å². The van der Waals surface area contributed by atoms with Gasteiger partial charge in [0.1, 0.15) is 0 Å². The van der Waals surface area contributed by atoms with Crippen LogP contribution in [0.4, 0.5) is 4.79 Å². The maximum Gasteiger partial charge on any atom is 0.321 e. The quantitative estimate of drug-likeness (QED) is 0.306. The lowest BCUT2D eigenvalue weighted by molar-refractivity contribution is -0.119. The van der Waals surface area contributed by atoms with Gasteiger partial charge in [-0.05, 0) is 6.92 Å². The van der Waals surface area contributed by atoms with E-state index in [9.17, 15) is 9.59 Å². The predicted molar refractivity (Wildman–Crippen MR) is 63.2 cm³/mol. The van der Waals surface area contributed by atoms with Crippen molar-refractivity contribution < 1.29 is 9.59 Å². The summed E-state index contributed by atoms with van der Waals surface area (Å²) in [5, 5.41) is 10.8. The second-order valence-electron chi connectivity index (χ2n) is 2.67. The number of hydrogen-bond acceptors (Lipinski definition) is 4. The van der Waals surface area contributed by atoms with Crippen LogP contribution < -0.4 is 22.1 Å². The number of imide groups is 1. The predicted octanol–water partition coefficient (Wildman–Crippen LogP) is -1.23. The van der Waals surface area contributed by atoms with Gasteiger partial charge in [0.15, 0.2) is 11.1 Å². The summed E-state index contributed by atoms with van der Waals surface area (Å²) in [5.41, 5.74) is 10.1. The van der Waals surface area contributed by atoms with Crippen LogP contribution >= 0.6 is 11.8 Å². The standard InChI is InChI=1S/C7H14N6O2S/c1-3(4(14)12-7(15)11-2)16-6(10)13-5(8)9/h3H,1-2H3,(H5,8,9,10,13)(H2,11,12,14,15). The van der Waals surface area contributed by atoms with E-state index >= 15 is 0 Å². The average Bonchev–Trinajstić information content (AvgIpc) is 2.15. The van der Waals surface area contributed by atoms with Crippen molar-refractivity contribution in [3.63, 3.8) is 0 Å². The molecule has 0 aliphatic carbocycles. The zero-order valence-corrected chi connectivity index (χ0v) is 9.72. The Bertz CT molecular complexity index is 325. The van der Waals surface area contributed by atoms with Crippen LogP contribution in [0.3, 0.4) is 0 Å². The Morgan fingerprint density at radius 3 is 2.44 bits per heavy atom. The lowest BCUT2D eigenvalue weighted by atomic mass is 10.4. The number of hydrogen-bond donors (Lipinski definition) is 5. The van der Waals surface area contributed by atoms with Crippen molar-refractivity contribution >= 4 is 34.8 Å². The van der Waals surface area contributed by atoms with Crippen molar-refractivity contribution in [3.05, 3.63) is 0 Å². The fourth-order valence-electron chi connectivity index (χ4n) is 0.641. The Kier molecular flexibility index (Phi) is 5.93. The number of nitrogens with two attached hydrogens (primary N) is 2. The van der Waals surface area contributed by atoms with E-state index in [2.05, 4.69) is 15.6 Å². The van der Waals surface area contributed by atoms with Crippen LogP contribution in [0.5, 0.6) is 0 Å². The lowest BCUT2D eigenvalue weighted by Crippen LogP contribution is -2.41. The normalized spacial score (nSPS) is 11.1. The van der Waals surface area contributed by atoms with Gasteiger partial charge in [-0.3, -0.25) is 15.5 Å². The number of amidine groups is 1. The highest BCUT2D eigenvalue weighted by Crippen LogP contribution is 2.12. The van der Waals surface area contributed by atoms with Crippen LogP contribution in [0.2, 0.25) is 0 Å². The first-order valence-corrected chi connectivity index (χ1v) is 5.12. The topological polar surface area (TPSA) is 146 Å². The van der Waals surface area contributed by atoms with Crippen LogP contribution in [-0.4, -0.2) is 35.4 Å². The van der Waals surface area contributed by atoms with Crippen molar-refractivity contribution in [1.29, 1.82) is 5.41 Å². The van der Waals surface area contributed by atoms with Crippen LogP contribution in [0.1, 0.15) is 6.92 Å². The van der Waals surface area contributed by atoms with E-state index in [1.54, 1.807) is 0 Å². The summed E-state index contributed by atoms with van der Waals surface area (Å²) in [5.74, 6) is -0.781. The lowest BCUT2D eigenvalue weighted by Gasteiger charge is -2.09. The molecule has 0 aromatic carbocycles. The Balaban J connectivity index is 4.21. The summed E-state index contributed by atoms with van der Waals surface area (Å²) < 4.78 is 0. The molecule has 0 bridgehead atoms. The third-order valence-corrected chi connectivity index (χ3v) is 2.23. The summed E-state index contributed by atoms with van der Waals surface area (Å²) in [7, 11) is 1.39. The molecule has 0 aromatic heterocycles. The molecule has 0 aromatic rings. The molecule has 0 aliphatic heterocycles. The van der Waals surface area contributed by atoms with Crippen molar-refractivity contribution in [2.24, 2.45) is 16.5 Å². The number of carbonyl (C=O) groups excluding carboxylic acids is 2. The van der Waals surface area contributed by atoms with Gasteiger partial charge in [-0.2, -0.15) is 4.99 Å². The van der Waals surface area contributed by atoms with Gasteiger partial charge in [0, 0.05) is 7.05 Å². The van der Waals surface area contributed by atoms with Gasteiger partial charge in [-0.25, -0.2) is 4.79 Å². The molecule has 90 valence electrons. The molecule has 9 heteroatoms. The van der Waals surface area contributed by atoms with Gasteiger partial charge >= 0.3 is 6.03 Å². The molecule has 0 rings (SSSR count). The first-order chi connectivity index (χ1) is 7.36. The Labute approximate surface area is 96.7 Å². The minimum absolute atomic E-state index is 0.195. The van der Waals surface area contributed by atoms with Gasteiger partial charge < -0.3 is 16.8 Å². The minimum Gasteiger partial charge on any atom is -0.370 e. The molecular formula is C7H14N6O2S. The molecule has 8 nitrogen and oxygen atoms in total. The molecule has 1 atom stereocenters. The molecule has 0 radical (unpaired) electrons. The Morgan fingerprint density at radius 2 is 2.00 bits per heavy atom. The molecule has 1 unspecified atom stereocenters. The highest BCUT2D eigenvalue weighted by Gasteiger charge is 2.17. The van der Waals surface area contributed by atoms with E-state index < -0.39 is 17.2 Å². The van der Waals surface area contributed by atoms with Crippen LogP contribution in [0, 0.1) is 5.41 Å². The molecule has 0 heterocycles. The Hall–Kier alpha value is -1.77. The van der Waals surface area contributed by atoms with E-state index in [-0.39, 0.29) is 11.1 Å². The summed E-state index contributed by atoms with van der Waals surface area (Å²) in [6.45, 7) is 1.53. The number of amides is 3. The molecule has 0 saturated heterocycles. The van der Waals surface area contributed by atoms with Gasteiger partial charge in [0.05, 0.1) is 5.25 Å². The second kappa shape index (κ2) is 6.67. The van der Waals surface area contributed by atoms with Gasteiger partial charge in [-0.1, -0.05) is 11.8 Å². The molecule has 0 aliphatic rings.